The van der Waals surface area contributed by atoms with E-state index in [4.69, 9.17) is 0 Å². The van der Waals surface area contributed by atoms with Crippen molar-refractivity contribution in [3.63, 3.8) is 0 Å². The topological polar surface area (TPSA) is 197 Å². The Hall–Kier alpha value is -4.57. The smallest absolute Gasteiger partial charge is 0.245 e. The first kappa shape index (κ1) is 56.4. The molecule has 0 aromatic rings. The zero-order valence-electron chi connectivity index (χ0n) is 41.0. The quantitative estimate of drug-likeness (QED) is 0.117. The maximum absolute atomic E-state index is 14.1. The van der Waals surface area contributed by atoms with Gasteiger partial charge in [-0.3, -0.25) is 38.4 Å². The van der Waals surface area contributed by atoms with Gasteiger partial charge in [0.2, 0.25) is 47.8 Å². The molecule has 1 saturated heterocycles. The molecule has 2 N–H and O–H groups in total. The number of nitrogens with zero attached hydrogens (tertiary/aromatic N) is 6. The first-order chi connectivity index (χ1) is 29.4. The van der Waals surface area contributed by atoms with Crippen molar-refractivity contribution < 1.29 is 43.2 Å². The number of aldehydes is 1. The van der Waals surface area contributed by atoms with Crippen LogP contribution in [0, 0.1) is 23.7 Å². The summed E-state index contributed by atoms with van der Waals surface area (Å²) in [6.07, 6.45) is 5.59. The summed E-state index contributed by atoms with van der Waals surface area (Å²) in [6, 6.07) is -5.42. The predicted molar refractivity (Wildman–Crippen MR) is 243 cm³/mol. The number of nitrogens with one attached hydrogen (secondary N) is 2. The van der Waals surface area contributed by atoms with Crippen molar-refractivity contribution >= 4 is 54.0 Å². The van der Waals surface area contributed by atoms with Crippen LogP contribution in [0.3, 0.4) is 0 Å². The van der Waals surface area contributed by atoms with Crippen molar-refractivity contribution in [2.24, 2.45) is 23.7 Å². The molecule has 1 aliphatic rings. The van der Waals surface area contributed by atoms with Crippen LogP contribution in [0.2, 0.25) is 0 Å². The molecule has 17 nitrogen and oxygen atoms in total. The van der Waals surface area contributed by atoms with Crippen LogP contribution < -0.4 is 10.6 Å². The van der Waals surface area contributed by atoms with Gasteiger partial charge < -0.3 is 44.8 Å². The molecule has 0 aliphatic carbocycles. The van der Waals surface area contributed by atoms with E-state index in [2.05, 4.69) is 10.6 Å². The lowest BCUT2D eigenvalue weighted by atomic mass is 9.95. The van der Waals surface area contributed by atoms with Crippen molar-refractivity contribution in [1.82, 2.24) is 40.0 Å². The van der Waals surface area contributed by atoms with E-state index in [9.17, 15) is 43.2 Å². The van der Waals surface area contributed by atoms with E-state index in [1.807, 2.05) is 55.4 Å². The molecule has 1 rings (SSSR count). The number of rotatable bonds is 27. The zero-order chi connectivity index (χ0) is 48.3. The number of likely N-dealkylation sites (tertiary alicyclic amines) is 1. The lowest BCUT2D eigenvalue weighted by molar-refractivity contribution is -0.148. The average Bonchev–Trinajstić information content (AvgIpc) is 3.25. The van der Waals surface area contributed by atoms with Crippen molar-refractivity contribution in [3.8, 4) is 0 Å². The van der Waals surface area contributed by atoms with Crippen LogP contribution in [0.1, 0.15) is 127 Å². The van der Waals surface area contributed by atoms with Gasteiger partial charge in [-0.15, -0.1) is 0 Å². The number of carbonyl (C=O) groups is 9. The summed E-state index contributed by atoms with van der Waals surface area (Å²) >= 11 is 0. The Morgan fingerprint density at radius 3 is 1.70 bits per heavy atom. The fraction of sp³-hybridized carbons (Fsp3) is 0.804. The average molecular weight is 891 g/mol. The normalized spacial score (nSPS) is 16.2. The van der Waals surface area contributed by atoms with Gasteiger partial charge in [-0.2, -0.15) is 0 Å². The van der Waals surface area contributed by atoms with Gasteiger partial charge in [-0.25, -0.2) is 0 Å². The van der Waals surface area contributed by atoms with E-state index < -0.39 is 65.8 Å². The van der Waals surface area contributed by atoms with Gasteiger partial charge in [0.15, 0.2) is 0 Å². The Labute approximate surface area is 377 Å². The lowest BCUT2D eigenvalue weighted by Crippen LogP contribution is -2.59. The van der Waals surface area contributed by atoms with Crippen LogP contribution in [-0.4, -0.2) is 175 Å². The van der Waals surface area contributed by atoms with Crippen LogP contribution in [0.4, 0.5) is 0 Å². The fourth-order valence-corrected chi connectivity index (χ4v) is 7.70. The molecule has 8 amide bonds. The molecule has 1 fully saturated rings. The summed E-state index contributed by atoms with van der Waals surface area (Å²) in [5.41, 5.74) is 0. The highest BCUT2D eigenvalue weighted by Gasteiger charge is 2.38. The molecule has 0 radical (unpaired) electrons. The van der Waals surface area contributed by atoms with Gasteiger partial charge in [0, 0.05) is 61.3 Å². The van der Waals surface area contributed by atoms with Gasteiger partial charge in [-0.1, -0.05) is 61.8 Å². The SMILES string of the molecule is CCC(C)[C@H](NC(=O)[C@H](CC(C)C)N(C)C(=O)CCCN(C)C(=O)CC(NC(=O)[C@H](CC(C)C)N(C)C=O)C(=O)N1CCCCC1)C(=O)N(C)[C@@H](C)C(=O)N(C)C(C=O)CC(C)C. The minimum absolute atomic E-state index is 0.0000241. The molecule has 3 unspecified atom stereocenters. The minimum atomic E-state index is -1.14. The van der Waals surface area contributed by atoms with Crippen molar-refractivity contribution in [1.29, 1.82) is 0 Å². The van der Waals surface area contributed by atoms with Crippen LogP contribution >= 0.6 is 0 Å². The first-order valence-electron chi connectivity index (χ1n) is 23.0. The van der Waals surface area contributed by atoms with Gasteiger partial charge in [0.05, 0.1) is 12.5 Å². The van der Waals surface area contributed by atoms with E-state index >= 15 is 0 Å². The Morgan fingerprint density at radius 2 is 1.19 bits per heavy atom. The van der Waals surface area contributed by atoms with Crippen molar-refractivity contribution in [3.05, 3.63) is 0 Å². The van der Waals surface area contributed by atoms with Crippen molar-refractivity contribution in [2.75, 3.05) is 54.9 Å². The summed E-state index contributed by atoms with van der Waals surface area (Å²) in [6.45, 7) is 18.2. The second kappa shape index (κ2) is 27.6. The molecular weight excluding hydrogens is 809 g/mol. The molecule has 360 valence electrons. The maximum atomic E-state index is 14.1. The third kappa shape index (κ3) is 17.8. The van der Waals surface area contributed by atoms with Crippen LogP contribution in [0.25, 0.3) is 0 Å². The molecule has 0 spiro atoms. The lowest BCUT2D eigenvalue weighted by Gasteiger charge is -2.36. The number of hydrogen-bond acceptors (Lipinski definition) is 9. The summed E-state index contributed by atoms with van der Waals surface area (Å²) in [4.78, 5) is 128. The molecule has 63 heavy (non-hydrogen) atoms. The Balaban J connectivity index is 3.12. The third-order valence-electron chi connectivity index (χ3n) is 12.3. The molecule has 17 heteroatoms. The Bertz CT molecular complexity index is 1530. The highest BCUT2D eigenvalue weighted by molar-refractivity contribution is 5.95. The molecular formula is C46H82N8O9. The molecule has 0 saturated carbocycles. The first-order valence-corrected chi connectivity index (χ1v) is 23.0. The van der Waals surface area contributed by atoms with Crippen LogP contribution in [0.15, 0.2) is 0 Å². The molecule has 1 aliphatic heterocycles. The fourth-order valence-electron chi connectivity index (χ4n) is 7.70. The number of likely N-dealkylation sites (N-methyl/N-ethyl adjacent to an activating group) is 4. The zero-order valence-corrected chi connectivity index (χ0v) is 41.0. The molecule has 1 heterocycles. The molecule has 7 atom stereocenters. The van der Waals surface area contributed by atoms with Gasteiger partial charge in [0.25, 0.3) is 0 Å². The molecule has 0 bridgehead atoms. The maximum Gasteiger partial charge on any atom is 0.245 e. The predicted octanol–water partition coefficient (Wildman–Crippen LogP) is 2.94. The number of amides is 8. The second-order valence-electron chi connectivity index (χ2n) is 18.9. The Morgan fingerprint density at radius 1 is 0.651 bits per heavy atom. The summed E-state index contributed by atoms with van der Waals surface area (Å²) in [5, 5.41) is 5.70. The highest BCUT2D eigenvalue weighted by Crippen LogP contribution is 2.19. The van der Waals surface area contributed by atoms with E-state index in [1.165, 1.54) is 38.6 Å². The van der Waals surface area contributed by atoms with Gasteiger partial charge >= 0.3 is 0 Å². The van der Waals surface area contributed by atoms with E-state index in [0.29, 0.717) is 45.2 Å². The van der Waals surface area contributed by atoms with E-state index in [0.717, 1.165) is 25.5 Å². The molecule has 0 aromatic heterocycles. The largest absolute Gasteiger partial charge is 0.346 e. The standard InChI is InChI=1S/C46H82N8O9/c1-15-33(8)41(46(63)51(12)34(9)44(61)52(13)35(28-55)24-30(2)3)48-43(60)38(26-32(6)7)53(14)39(57)20-19-21-49(10)40(58)27-36(45(62)54-22-17-16-18-23-54)47-42(59)37(25-31(4)5)50(11)29-56/h28-38,41H,15-27H2,1-14H3,(H,47,59)(H,48,60)/t33?,34-,35?,36?,37-,38-,41-/m0/s1. The van der Waals surface area contributed by atoms with Gasteiger partial charge in [0.1, 0.15) is 36.5 Å². The third-order valence-corrected chi connectivity index (χ3v) is 12.3. The van der Waals surface area contributed by atoms with Gasteiger partial charge in [-0.05, 0) is 75.5 Å². The van der Waals surface area contributed by atoms with E-state index in [-0.39, 0.29) is 61.3 Å². The minimum Gasteiger partial charge on any atom is -0.346 e. The summed E-state index contributed by atoms with van der Waals surface area (Å²) in [7, 11) is 7.67. The number of carbonyl (C=O) groups excluding carboxylic acids is 9. The monoisotopic (exact) mass is 891 g/mol. The number of hydrogen-bond donors (Lipinski definition) is 2. The molecule has 0 aromatic carbocycles. The number of piperidine rings is 1. The van der Waals surface area contributed by atoms with Crippen molar-refractivity contribution in [2.45, 2.75) is 163 Å². The summed E-state index contributed by atoms with van der Waals surface area (Å²) < 4.78 is 0. The Kier molecular flexibility index (Phi) is 24.7. The summed E-state index contributed by atoms with van der Waals surface area (Å²) in [5.74, 6) is -3.03. The highest BCUT2D eigenvalue weighted by atomic mass is 16.2. The van der Waals surface area contributed by atoms with E-state index in [1.54, 1.807) is 33.0 Å². The second-order valence-corrected chi connectivity index (χ2v) is 18.9. The van der Waals surface area contributed by atoms with Crippen LogP contribution in [-0.2, 0) is 43.2 Å². The van der Waals surface area contributed by atoms with Crippen LogP contribution in [0.5, 0.6) is 0 Å².